The summed E-state index contributed by atoms with van der Waals surface area (Å²) in [7, 11) is 1.70. The van der Waals surface area contributed by atoms with Crippen molar-refractivity contribution in [1.82, 2.24) is 10.2 Å². The van der Waals surface area contributed by atoms with Crippen LogP contribution in [0.15, 0.2) is 28.7 Å². The zero-order valence-corrected chi connectivity index (χ0v) is 13.4. The van der Waals surface area contributed by atoms with Crippen LogP contribution in [0.4, 0.5) is 0 Å². The average molecular weight is 340 g/mol. The Morgan fingerprint density at radius 1 is 1.60 bits per heavy atom. The molecule has 1 aromatic rings. The molecule has 1 fully saturated rings. The summed E-state index contributed by atoms with van der Waals surface area (Å²) in [4.78, 5) is 14.2. The van der Waals surface area contributed by atoms with Crippen LogP contribution in [-0.2, 0) is 4.79 Å². The van der Waals surface area contributed by atoms with Crippen molar-refractivity contribution < 1.29 is 4.79 Å². The molecule has 0 spiro atoms. The molecule has 1 aliphatic heterocycles. The van der Waals surface area contributed by atoms with Gasteiger partial charge in [-0.25, -0.2) is 0 Å². The van der Waals surface area contributed by atoms with Crippen LogP contribution in [0.2, 0.25) is 0 Å². The molecule has 4 nitrogen and oxygen atoms in total. The molecule has 0 radical (unpaired) electrons. The van der Waals surface area contributed by atoms with Crippen LogP contribution >= 0.6 is 15.9 Å². The van der Waals surface area contributed by atoms with Gasteiger partial charge in [0.05, 0.1) is 5.92 Å². The molecule has 0 bridgehead atoms. The highest BCUT2D eigenvalue weighted by Gasteiger charge is 2.29. The van der Waals surface area contributed by atoms with Gasteiger partial charge < -0.3 is 11.1 Å². The number of hydrogen-bond donors (Lipinski definition) is 2. The highest BCUT2D eigenvalue weighted by Crippen LogP contribution is 2.27. The van der Waals surface area contributed by atoms with E-state index < -0.39 is 0 Å². The molecule has 2 unspecified atom stereocenters. The van der Waals surface area contributed by atoms with E-state index in [4.69, 9.17) is 5.73 Å². The lowest BCUT2D eigenvalue weighted by atomic mass is 9.94. The van der Waals surface area contributed by atoms with E-state index in [0.29, 0.717) is 6.54 Å². The molecule has 2 atom stereocenters. The fourth-order valence-corrected chi connectivity index (χ4v) is 3.33. The molecule has 5 heteroatoms. The van der Waals surface area contributed by atoms with Gasteiger partial charge >= 0.3 is 0 Å². The smallest absolute Gasteiger partial charge is 0.224 e. The van der Waals surface area contributed by atoms with E-state index in [-0.39, 0.29) is 17.9 Å². The largest absolute Gasteiger partial charge is 0.359 e. The molecule has 0 saturated carbocycles. The third kappa shape index (κ3) is 3.59. The number of halogens is 1. The number of carbonyl (C=O) groups excluding carboxylic acids is 1. The van der Waals surface area contributed by atoms with Crippen molar-refractivity contribution in [3.05, 3.63) is 34.3 Å². The topological polar surface area (TPSA) is 58.4 Å². The minimum absolute atomic E-state index is 0.0787. The van der Waals surface area contributed by atoms with E-state index in [0.717, 1.165) is 30.4 Å². The van der Waals surface area contributed by atoms with E-state index in [9.17, 15) is 4.79 Å². The lowest BCUT2D eigenvalue weighted by Gasteiger charge is -2.37. The maximum atomic E-state index is 11.8. The lowest BCUT2D eigenvalue weighted by molar-refractivity contribution is -0.126. The van der Waals surface area contributed by atoms with Crippen LogP contribution in [0.5, 0.6) is 0 Å². The number of piperidine rings is 1. The number of carbonyl (C=O) groups is 1. The lowest BCUT2D eigenvalue weighted by Crippen LogP contribution is -2.45. The molecule has 0 aliphatic carbocycles. The predicted molar refractivity (Wildman–Crippen MR) is 84.3 cm³/mol. The van der Waals surface area contributed by atoms with Crippen LogP contribution in [0, 0.1) is 5.92 Å². The molecule has 110 valence electrons. The maximum absolute atomic E-state index is 11.8. The van der Waals surface area contributed by atoms with Crippen LogP contribution in [-0.4, -0.2) is 37.5 Å². The number of nitrogens with one attached hydrogen (secondary N) is 1. The monoisotopic (exact) mass is 339 g/mol. The molecule has 1 aliphatic rings. The van der Waals surface area contributed by atoms with E-state index in [1.54, 1.807) is 7.05 Å². The molecular formula is C15H22BrN3O. The second-order valence-corrected chi connectivity index (χ2v) is 6.17. The summed E-state index contributed by atoms with van der Waals surface area (Å²) in [6, 6.07) is 8.44. The van der Waals surface area contributed by atoms with Gasteiger partial charge in [0.1, 0.15) is 0 Å². The van der Waals surface area contributed by atoms with Crippen LogP contribution in [0.3, 0.4) is 0 Å². The van der Waals surface area contributed by atoms with Gasteiger partial charge in [-0.1, -0.05) is 28.1 Å². The third-order valence-electron chi connectivity index (χ3n) is 3.97. The van der Waals surface area contributed by atoms with Crippen molar-refractivity contribution in [1.29, 1.82) is 0 Å². The Morgan fingerprint density at radius 3 is 3.05 bits per heavy atom. The molecular weight excluding hydrogens is 318 g/mol. The number of benzene rings is 1. The van der Waals surface area contributed by atoms with E-state index in [2.05, 4.69) is 38.3 Å². The molecule has 1 amide bonds. The van der Waals surface area contributed by atoms with Crippen molar-refractivity contribution in [2.24, 2.45) is 11.7 Å². The van der Waals surface area contributed by atoms with Gasteiger partial charge in [0.25, 0.3) is 0 Å². The van der Waals surface area contributed by atoms with Gasteiger partial charge in [0, 0.05) is 30.7 Å². The normalized spacial score (nSPS) is 21.4. The van der Waals surface area contributed by atoms with Crippen LogP contribution in [0.25, 0.3) is 0 Å². The van der Waals surface area contributed by atoms with Gasteiger partial charge in [0.2, 0.25) is 5.91 Å². The number of likely N-dealkylation sites (tertiary alicyclic amines) is 1. The first kappa shape index (κ1) is 15.5. The number of nitrogens with zero attached hydrogens (tertiary/aromatic N) is 1. The second kappa shape index (κ2) is 7.20. The zero-order valence-electron chi connectivity index (χ0n) is 11.8. The maximum Gasteiger partial charge on any atom is 0.224 e. The Hall–Kier alpha value is -0.910. The number of amides is 1. The van der Waals surface area contributed by atoms with Crippen LogP contribution < -0.4 is 11.1 Å². The minimum atomic E-state index is 0.0787. The summed E-state index contributed by atoms with van der Waals surface area (Å²) in [5.41, 5.74) is 7.19. The summed E-state index contributed by atoms with van der Waals surface area (Å²) >= 11 is 3.51. The molecule has 1 saturated heterocycles. The highest BCUT2D eigenvalue weighted by molar-refractivity contribution is 9.10. The zero-order chi connectivity index (χ0) is 14.5. The standard InChI is InChI=1S/C15H22BrN3O/c1-18-15(20)12-5-3-7-19(10-12)14(9-17)11-4-2-6-13(16)8-11/h2,4,6,8,12,14H,3,5,7,9-10,17H2,1H3,(H,18,20). The Labute approximate surface area is 128 Å². The molecule has 0 aromatic heterocycles. The van der Waals surface area contributed by atoms with Crippen molar-refractivity contribution >= 4 is 21.8 Å². The summed E-state index contributed by atoms with van der Waals surface area (Å²) in [5, 5.41) is 2.76. The Morgan fingerprint density at radius 2 is 2.40 bits per heavy atom. The number of hydrogen-bond acceptors (Lipinski definition) is 3. The van der Waals surface area contributed by atoms with E-state index in [1.165, 1.54) is 5.56 Å². The van der Waals surface area contributed by atoms with Crippen molar-refractivity contribution in [3.63, 3.8) is 0 Å². The minimum Gasteiger partial charge on any atom is -0.359 e. The fourth-order valence-electron chi connectivity index (χ4n) is 2.92. The van der Waals surface area contributed by atoms with Crippen molar-refractivity contribution in [3.8, 4) is 0 Å². The number of rotatable bonds is 4. The van der Waals surface area contributed by atoms with Gasteiger partial charge in [-0.05, 0) is 37.1 Å². The van der Waals surface area contributed by atoms with Gasteiger partial charge in [-0.3, -0.25) is 9.69 Å². The SMILES string of the molecule is CNC(=O)C1CCCN(C(CN)c2cccc(Br)c2)C1. The molecule has 20 heavy (non-hydrogen) atoms. The first-order chi connectivity index (χ1) is 9.65. The van der Waals surface area contributed by atoms with E-state index >= 15 is 0 Å². The van der Waals surface area contributed by atoms with Gasteiger partial charge in [0.15, 0.2) is 0 Å². The molecule has 2 rings (SSSR count). The Bertz CT molecular complexity index is 466. The van der Waals surface area contributed by atoms with Gasteiger partial charge in [-0.2, -0.15) is 0 Å². The summed E-state index contributed by atoms with van der Waals surface area (Å²) < 4.78 is 1.06. The predicted octanol–water partition coefficient (Wildman–Crippen LogP) is 1.91. The Kier molecular flexibility index (Phi) is 5.57. The first-order valence-corrected chi connectivity index (χ1v) is 7.86. The highest BCUT2D eigenvalue weighted by atomic mass is 79.9. The van der Waals surface area contributed by atoms with Crippen molar-refractivity contribution in [2.75, 3.05) is 26.7 Å². The van der Waals surface area contributed by atoms with Crippen molar-refractivity contribution in [2.45, 2.75) is 18.9 Å². The summed E-state index contributed by atoms with van der Waals surface area (Å²) in [5.74, 6) is 0.217. The molecule has 1 aromatic carbocycles. The quantitative estimate of drug-likeness (QED) is 0.880. The second-order valence-electron chi connectivity index (χ2n) is 5.25. The van der Waals surface area contributed by atoms with Crippen LogP contribution in [0.1, 0.15) is 24.4 Å². The fraction of sp³-hybridized carbons (Fsp3) is 0.533. The number of nitrogens with two attached hydrogens (primary N) is 1. The average Bonchev–Trinajstić information content (AvgIpc) is 2.47. The van der Waals surface area contributed by atoms with E-state index in [1.807, 2.05) is 12.1 Å². The summed E-state index contributed by atoms with van der Waals surface area (Å²) in [6.07, 6.45) is 2.01. The summed E-state index contributed by atoms with van der Waals surface area (Å²) in [6.45, 7) is 2.35. The first-order valence-electron chi connectivity index (χ1n) is 7.07. The molecule has 1 heterocycles. The third-order valence-corrected chi connectivity index (χ3v) is 4.46. The van der Waals surface area contributed by atoms with Gasteiger partial charge in [-0.15, -0.1) is 0 Å². The Balaban J connectivity index is 2.13. The molecule has 3 N–H and O–H groups in total.